The molecule has 2 heterocycles. The Labute approximate surface area is 154 Å². The Bertz CT molecular complexity index is 765. The number of piperazine rings is 1. The molecule has 0 saturated carbocycles. The number of nitrogens with zero attached hydrogens (tertiary/aromatic N) is 3. The summed E-state index contributed by atoms with van der Waals surface area (Å²) in [6.45, 7) is 5.68. The molecule has 1 aromatic heterocycles. The predicted molar refractivity (Wildman–Crippen MR) is 95.4 cm³/mol. The first kappa shape index (κ1) is 18.7. The fourth-order valence-electron chi connectivity index (χ4n) is 3.02. The van der Waals surface area contributed by atoms with Gasteiger partial charge in [0, 0.05) is 26.2 Å². The van der Waals surface area contributed by atoms with Crippen LogP contribution < -0.4 is 4.90 Å². The predicted octanol–water partition coefficient (Wildman–Crippen LogP) is 3.79. The van der Waals surface area contributed by atoms with E-state index >= 15 is 0 Å². The van der Waals surface area contributed by atoms with Crippen molar-refractivity contribution in [3.63, 3.8) is 0 Å². The first-order valence-corrected chi connectivity index (χ1v) is 9.14. The highest BCUT2D eigenvalue weighted by Gasteiger charge is 2.37. The number of aromatic nitrogens is 1. The third-order valence-electron chi connectivity index (χ3n) is 4.64. The molecule has 140 valence electrons. The summed E-state index contributed by atoms with van der Waals surface area (Å²) < 4.78 is 38.2. The van der Waals surface area contributed by atoms with Gasteiger partial charge in [0.25, 0.3) is 0 Å². The zero-order valence-corrected chi connectivity index (χ0v) is 15.4. The number of carbonyl (C=O) groups is 1. The highest BCUT2D eigenvalue weighted by molar-refractivity contribution is 7.15. The third kappa shape index (κ3) is 3.70. The van der Waals surface area contributed by atoms with E-state index in [-0.39, 0.29) is 5.91 Å². The zero-order valence-electron chi connectivity index (χ0n) is 14.6. The summed E-state index contributed by atoms with van der Waals surface area (Å²) in [7, 11) is 0. The first-order chi connectivity index (χ1) is 12.2. The molecule has 0 N–H and O–H groups in total. The van der Waals surface area contributed by atoms with Crippen molar-refractivity contribution in [2.45, 2.75) is 25.4 Å². The Morgan fingerprint density at radius 1 is 1.08 bits per heavy atom. The smallest absolute Gasteiger partial charge is 0.345 e. The summed E-state index contributed by atoms with van der Waals surface area (Å²) in [5.74, 6) is 0.0264. The van der Waals surface area contributed by atoms with Crippen molar-refractivity contribution in [3.8, 4) is 0 Å². The minimum atomic E-state index is -4.37. The van der Waals surface area contributed by atoms with Crippen molar-refractivity contribution in [1.29, 1.82) is 0 Å². The van der Waals surface area contributed by atoms with E-state index in [1.807, 2.05) is 44.2 Å². The van der Waals surface area contributed by atoms with E-state index in [1.165, 1.54) is 0 Å². The van der Waals surface area contributed by atoms with Crippen LogP contribution in [0.25, 0.3) is 0 Å². The molecule has 4 nitrogen and oxygen atoms in total. The molecule has 1 aromatic carbocycles. The second kappa shape index (κ2) is 6.90. The number of thiazole rings is 1. The van der Waals surface area contributed by atoms with E-state index < -0.39 is 16.5 Å². The molecule has 8 heteroatoms. The maximum Gasteiger partial charge on any atom is 0.427 e. The van der Waals surface area contributed by atoms with E-state index in [9.17, 15) is 18.0 Å². The molecule has 0 radical (unpaired) electrons. The molecule has 1 aliphatic heterocycles. The lowest BCUT2D eigenvalue weighted by atomic mass is 9.83. The standard InChI is InChI=1S/C18H20F3N3OS/c1-17(2,13-6-4-3-5-7-13)15(25)23-8-10-24(11-9-23)16-22-12-14(26-16)18(19,20)21/h3-7,12H,8-11H2,1-2H3. The van der Waals surface area contributed by atoms with Crippen molar-refractivity contribution in [2.75, 3.05) is 31.1 Å². The van der Waals surface area contributed by atoms with E-state index in [2.05, 4.69) is 4.98 Å². The lowest BCUT2D eigenvalue weighted by Gasteiger charge is -2.38. The van der Waals surface area contributed by atoms with Crippen LogP contribution in [0.4, 0.5) is 18.3 Å². The van der Waals surface area contributed by atoms with Gasteiger partial charge in [0.15, 0.2) is 5.13 Å². The van der Waals surface area contributed by atoms with Crippen LogP contribution in [0.15, 0.2) is 36.5 Å². The average Bonchev–Trinajstić information content (AvgIpc) is 3.12. The molecule has 26 heavy (non-hydrogen) atoms. The Hall–Kier alpha value is -2.09. The minimum absolute atomic E-state index is 0.0264. The third-order valence-corrected chi connectivity index (χ3v) is 5.74. The van der Waals surface area contributed by atoms with Crippen LogP contribution in [0.3, 0.4) is 0 Å². The van der Waals surface area contributed by atoms with E-state index in [0.717, 1.165) is 11.8 Å². The molecular weight excluding hydrogens is 363 g/mol. The number of alkyl halides is 3. The molecule has 0 atom stereocenters. The highest BCUT2D eigenvalue weighted by Crippen LogP contribution is 2.36. The molecule has 2 aromatic rings. The molecule has 1 aliphatic rings. The highest BCUT2D eigenvalue weighted by atomic mass is 32.1. The number of halogens is 3. The second-order valence-electron chi connectivity index (χ2n) is 6.78. The molecule has 0 spiro atoms. The first-order valence-electron chi connectivity index (χ1n) is 8.32. The van der Waals surface area contributed by atoms with Crippen molar-refractivity contribution in [2.24, 2.45) is 0 Å². The van der Waals surface area contributed by atoms with Crippen molar-refractivity contribution in [1.82, 2.24) is 9.88 Å². The molecule has 1 saturated heterocycles. The SMILES string of the molecule is CC(C)(C(=O)N1CCN(c2ncc(C(F)(F)F)s2)CC1)c1ccccc1. The molecule has 0 unspecified atom stereocenters. The molecule has 0 bridgehead atoms. The average molecular weight is 383 g/mol. The Morgan fingerprint density at radius 2 is 1.69 bits per heavy atom. The van der Waals surface area contributed by atoms with Crippen LogP contribution in [0.5, 0.6) is 0 Å². The summed E-state index contributed by atoms with van der Waals surface area (Å²) in [5.41, 5.74) is 0.302. The van der Waals surface area contributed by atoms with Gasteiger partial charge < -0.3 is 9.80 Å². The number of anilines is 1. The van der Waals surface area contributed by atoms with Crippen molar-refractivity contribution >= 4 is 22.4 Å². The minimum Gasteiger partial charge on any atom is -0.345 e. The summed E-state index contributed by atoms with van der Waals surface area (Å²) in [6.07, 6.45) is -3.50. The Kier molecular flexibility index (Phi) is 4.96. The van der Waals surface area contributed by atoms with E-state index in [0.29, 0.717) is 42.6 Å². The molecule has 1 amide bonds. The number of carbonyl (C=O) groups excluding carboxylic acids is 1. The number of benzene rings is 1. The Balaban J connectivity index is 1.65. The number of hydrogen-bond acceptors (Lipinski definition) is 4. The maximum atomic E-state index is 12.9. The van der Waals surface area contributed by atoms with E-state index in [1.54, 1.807) is 9.80 Å². The molecular formula is C18H20F3N3OS. The number of amides is 1. The summed E-state index contributed by atoms with van der Waals surface area (Å²) in [5, 5.41) is 0.353. The fourth-order valence-corrected chi connectivity index (χ4v) is 3.85. The molecule has 1 fully saturated rings. The van der Waals surface area contributed by atoms with Crippen LogP contribution in [-0.2, 0) is 16.4 Å². The summed E-state index contributed by atoms with van der Waals surface area (Å²) >= 11 is 0.645. The van der Waals surface area contributed by atoms with Gasteiger partial charge in [-0.25, -0.2) is 4.98 Å². The number of rotatable bonds is 3. The lowest BCUT2D eigenvalue weighted by Crippen LogP contribution is -2.53. The lowest BCUT2D eigenvalue weighted by molar-refractivity contribution is -0.136. The Morgan fingerprint density at radius 3 is 2.23 bits per heavy atom. The van der Waals surface area contributed by atoms with Gasteiger partial charge in [0.05, 0.1) is 11.6 Å². The van der Waals surface area contributed by atoms with Gasteiger partial charge in [-0.1, -0.05) is 41.7 Å². The van der Waals surface area contributed by atoms with Crippen LogP contribution in [-0.4, -0.2) is 42.0 Å². The van der Waals surface area contributed by atoms with Crippen molar-refractivity contribution < 1.29 is 18.0 Å². The summed E-state index contributed by atoms with van der Waals surface area (Å²) in [4.78, 5) is 19.7. The zero-order chi connectivity index (χ0) is 18.9. The molecule has 0 aliphatic carbocycles. The van der Waals surface area contributed by atoms with Crippen LogP contribution in [0.1, 0.15) is 24.3 Å². The van der Waals surface area contributed by atoms with Gasteiger partial charge in [-0.05, 0) is 19.4 Å². The van der Waals surface area contributed by atoms with Crippen molar-refractivity contribution in [3.05, 3.63) is 47.0 Å². The maximum absolute atomic E-state index is 12.9. The van der Waals surface area contributed by atoms with Crippen LogP contribution in [0, 0.1) is 0 Å². The normalized spacial score (nSPS) is 16.0. The van der Waals surface area contributed by atoms with Gasteiger partial charge in [-0.3, -0.25) is 4.79 Å². The largest absolute Gasteiger partial charge is 0.427 e. The quantitative estimate of drug-likeness (QED) is 0.809. The van der Waals surface area contributed by atoms with Gasteiger partial charge in [0.1, 0.15) is 4.88 Å². The number of hydrogen-bond donors (Lipinski definition) is 0. The second-order valence-corrected chi connectivity index (χ2v) is 7.78. The van der Waals surface area contributed by atoms with E-state index in [4.69, 9.17) is 0 Å². The van der Waals surface area contributed by atoms with Gasteiger partial charge in [-0.15, -0.1) is 0 Å². The molecule has 3 rings (SSSR count). The fraction of sp³-hybridized carbons (Fsp3) is 0.444. The van der Waals surface area contributed by atoms with Gasteiger partial charge >= 0.3 is 6.18 Å². The summed E-state index contributed by atoms with van der Waals surface area (Å²) in [6, 6.07) is 9.59. The topological polar surface area (TPSA) is 36.4 Å². The van der Waals surface area contributed by atoms with Crippen LogP contribution >= 0.6 is 11.3 Å². The van der Waals surface area contributed by atoms with Crippen LogP contribution in [0.2, 0.25) is 0 Å². The van der Waals surface area contributed by atoms with Gasteiger partial charge in [0.2, 0.25) is 5.91 Å². The monoisotopic (exact) mass is 383 g/mol. The van der Waals surface area contributed by atoms with Gasteiger partial charge in [-0.2, -0.15) is 13.2 Å².